The van der Waals surface area contributed by atoms with Gasteiger partial charge in [0.15, 0.2) is 4.75 Å². The minimum Gasteiger partial charge on any atom is -0.346 e. The van der Waals surface area contributed by atoms with E-state index in [1.165, 1.54) is 18.5 Å². The van der Waals surface area contributed by atoms with Gasteiger partial charge in [-0.1, -0.05) is 34.8 Å². The normalized spacial score (nSPS) is 18.1. The van der Waals surface area contributed by atoms with Crippen molar-refractivity contribution in [3.63, 3.8) is 0 Å². The molecule has 1 aliphatic rings. The summed E-state index contributed by atoms with van der Waals surface area (Å²) < 4.78 is 44.8. The molecule has 1 aliphatic heterocycles. The highest BCUT2D eigenvalue weighted by atomic mass is 35.5. The third kappa shape index (κ3) is 4.79. The van der Waals surface area contributed by atoms with Gasteiger partial charge < -0.3 is 5.32 Å². The molecule has 2 aromatic heterocycles. The summed E-state index contributed by atoms with van der Waals surface area (Å²) in [6.45, 7) is 1.91. The van der Waals surface area contributed by atoms with Gasteiger partial charge in [0.25, 0.3) is 5.91 Å². The fraction of sp³-hybridized carbons (Fsp3) is 0.238. The molecule has 0 fully saturated rings. The van der Waals surface area contributed by atoms with E-state index in [4.69, 9.17) is 34.8 Å². The van der Waals surface area contributed by atoms with Gasteiger partial charge >= 0.3 is 6.18 Å². The average molecular weight is 566 g/mol. The smallest absolute Gasteiger partial charge is 0.346 e. The molecule has 5 nitrogen and oxygen atoms in total. The lowest BCUT2D eigenvalue weighted by atomic mass is 9.91. The number of hydrogen-bond acceptors (Lipinski definition) is 6. The fourth-order valence-corrected chi connectivity index (χ4v) is 6.04. The summed E-state index contributed by atoms with van der Waals surface area (Å²) in [6, 6.07) is 5.67. The summed E-state index contributed by atoms with van der Waals surface area (Å²) in [5.74, 6) is -0.350. The van der Waals surface area contributed by atoms with Gasteiger partial charge in [-0.25, -0.2) is 14.4 Å². The first-order valence-electron chi connectivity index (χ1n) is 9.62. The number of halogens is 6. The molecule has 1 aromatic carbocycles. The number of thiophene rings is 1. The van der Waals surface area contributed by atoms with Crippen LogP contribution < -0.4 is 5.32 Å². The predicted octanol–water partition coefficient (Wildman–Crippen LogP) is 7.04. The maximum absolute atomic E-state index is 14.3. The molecule has 0 saturated carbocycles. The van der Waals surface area contributed by atoms with Crippen molar-refractivity contribution in [1.82, 2.24) is 15.3 Å². The van der Waals surface area contributed by atoms with Crippen LogP contribution in [-0.2, 0) is 11.3 Å². The molecule has 178 valence electrons. The van der Waals surface area contributed by atoms with E-state index in [0.717, 1.165) is 11.3 Å². The summed E-state index contributed by atoms with van der Waals surface area (Å²) in [4.78, 5) is 21.4. The van der Waals surface area contributed by atoms with E-state index in [2.05, 4.69) is 19.7 Å². The topological polar surface area (TPSA) is 67.2 Å². The second-order valence-electron chi connectivity index (χ2n) is 7.39. The van der Waals surface area contributed by atoms with Gasteiger partial charge in [0.1, 0.15) is 6.33 Å². The van der Waals surface area contributed by atoms with E-state index in [1.54, 1.807) is 25.3 Å². The Kier molecular flexibility index (Phi) is 7.17. The van der Waals surface area contributed by atoms with E-state index in [0.29, 0.717) is 33.0 Å². The molecule has 0 saturated heterocycles. The quantitative estimate of drug-likeness (QED) is 0.266. The molecule has 1 N–H and O–H groups in total. The lowest BCUT2D eigenvalue weighted by Gasteiger charge is -2.30. The van der Waals surface area contributed by atoms with Crippen LogP contribution in [0.4, 0.5) is 13.2 Å². The zero-order chi connectivity index (χ0) is 24.7. The number of carbonyl (C=O) groups excluding carboxylic acids is 1. The first kappa shape index (κ1) is 25.2. The number of hydrogen-bond donors (Lipinski definition) is 1. The van der Waals surface area contributed by atoms with Crippen LogP contribution in [0.15, 0.2) is 41.2 Å². The zero-order valence-electron chi connectivity index (χ0n) is 17.2. The maximum atomic E-state index is 14.3. The molecule has 0 radical (unpaired) electrons. The molecular weight excluding hydrogens is 552 g/mol. The summed E-state index contributed by atoms with van der Waals surface area (Å²) in [6.07, 6.45) is -2.17. The Bertz CT molecular complexity index is 1260. The lowest BCUT2D eigenvalue weighted by Crippen LogP contribution is -2.38. The second-order valence-corrected chi connectivity index (χ2v) is 10.7. The molecule has 1 atom stereocenters. The van der Waals surface area contributed by atoms with Crippen LogP contribution in [0.1, 0.15) is 37.8 Å². The van der Waals surface area contributed by atoms with Gasteiger partial charge in [0.05, 0.1) is 42.8 Å². The van der Waals surface area contributed by atoms with Crippen molar-refractivity contribution in [2.75, 3.05) is 0 Å². The van der Waals surface area contributed by atoms with Crippen LogP contribution in [0.25, 0.3) is 0 Å². The van der Waals surface area contributed by atoms with Crippen LogP contribution in [0.2, 0.25) is 15.1 Å². The second kappa shape index (κ2) is 9.66. The Balaban J connectivity index is 1.59. The molecule has 4 rings (SSSR count). The highest BCUT2D eigenvalue weighted by Gasteiger charge is 2.60. The Hall–Kier alpha value is -1.85. The molecule has 34 heavy (non-hydrogen) atoms. The maximum Gasteiger partial charge on any atom is 0.409 e. The van der Waals surface area contributed by atoms with Crippen LogP contribution >= 0.6 is 58.1 Å². The van der Waals surface area contributed by atoms with Crippen LogP contribution in [-0.4, -0.2) is 27.8 Å². The highest BCUT2D eigenvalue weighted by molar-refractivity contribution is 7.99. The highest BCUT2D eigenvalue weighted by Crippen LogP contribution is 2.58. The molecule has 1 unspecified atom stereocenters. The van der Waals surface area contributed by atoms with Gasteiger partial charge in [0.2, 0.25) is 0 Å². The zero-order valence-corrected chi connectivity index (χ0v) is 21.1. The minimum absolute atomic E-state index is 0.0138. The molecule has 1 amide bonds. The van der Waals surface area contributed by atoms with Crippen molar-refractivity contribution in [1.29, 1.82) is 0 Å². The number of aromatic nitrogens is 2. The van der Waals surface area contributed by atoms with Gasteiger partial charge in [-0.2, -0.15) is 13.2 Å². The standard InChI is InChI=1S/C21H14Cl3F3N4OS2/c1-10-4-16(33-18(10)19(32)29-8-12-2-3-28-9-30-12)15-7-20(34-31-15,21(25,26)27)11-5-13(22)17(24)14(23)6-11/h2-6,9H,7-8H2,1H3,(H,29,32). The van der Waals surface area contributed by atoms with Crippen LogP contribution in [0.5, 0.6) is 0 Å². The summed E-state index contributed by atoms with van der Waals surface area (Å²) in [7, 11) is 0. The summed E-state index contributed by atoms with van der Waals surface area (Å²) in [5.41, 5.74) is 1.35. The van der Waals surface area contributed by atoms with E-state index in [-0.39, 0.29) is 38.8 Å². The lowest BCUT2D eigenvalue weighted by molar-refractivity contribution is -0.159. The number of amides is 1. The third-order valence-electron chi connectivity index (χ3n) is 5.12. The summed E-state index contributed by atoms with van der Waals surface area (Å²) in [5, 5.41) is 2.60. The monoisotopic (exact) mass is 564 g/mol. The largest absolute Gasteiger partial charge is 0.409 e. The molecule has 13 heteroatoms. The SMILES string of the molecule is Cc1cc(C2=NSC(c3cc(Cl)c(Cl)c(Cl)c3)(C(F)(F)F)C2)sc1C(=O)NCc1ccncn1. The van der Waals surface area contributed by atoms with E-state index < -0.39 is 17.3 Å². The number of carbonyl (C=O) groups is 1. The number of nitrogens with one attached hydrogen (secondary N) is 1. The van der Waals surface area contributed by atoms with Crippen molar-refractivity contribution in [3.05, 3.63) is 78.4 Å². The molecule has 0 bridgehead atoms. The molecule has 0 spiro atoms. The van der Waals surface area contributed by atoms with Gasteiger partial charge in [-0.15, -0.1) is 11.3 Å². The average Bonchev–Trinajstić information content (AvgIpc) is 3.41. The fourth-order valence-electron chi connectivity index (χ4n) is 3.35. The Morgan fingerprint density at radius 1 is 1.21 bits per heavy atom. The van der Waals surface area contributed by atoms with Gasteiger partial charge in [-0.3, -0.25) is 4.79 Å². The van der Waals surface area contributed by atoms with Crippen LogP contribution in [0, 0.1) is 6.92 Å². The van der Waals surface area contributed by atoms with Crippen molar-refractivity contribution in [2.45, 2.75) is 30.8 Å². The van der Waals surface area contributed by atoms with Crippen molar-refractivity contribution in [3.8, 4) is 0 Å². The molecule has 3 heterocycles. The van der Waals surface area contributed by atoms with Crippen LogP contribution in [0.3, 0.4) is 0 Å². The Morgan fingerprint density at radius 2 is 1.91 bits per heavy atom. The van der Waals surface area contributed by atoms with Crippen molar-refractivity contribution in [2.24, 2.45) is 4.40 Å². The Labute approximate surface area is 215 Å². The van der Waals surface area contributed by atoms with E-state index >= 15 is 0 Å². The molecule has 0 aliphatic carbocycles. The van der Waals surface area contributed by atoms with Gasteiger partial charge in [0, 0.05) is 12.6 Å². The number of benzene rings is 1. The molecular formula is C21H14Cl3F3N4OS2. The number of nitrogens with zero attached hydrogens (tertiary/aromatic N) is 3. The first-order valence-corrected chi connectivity index (χ1v) is 12.3. The van der Waals surface area contributed by atoms with Crippen molar-refractivity contribution < 1.29 is 18.0 Å². The number of rotatable bonds is 5. The van der Waals surface area contributed by atoms with Crippen molar-refractivity contribution >= 4 is 69.7 Å². The number of aryl methyl sites for hydroxylation is 1. The minimum atomic E-state index is -4.66. The molecule has 3 aromatic rings. The number of alkyl halides is 3. The van der Waals surface area contributed by atoms with E-state index in [9.17, 15) is 18.0 Å². The van der Waals surface area contributed by atoms with Gasteiger partial charge in [-0.05, 0) is 54.3 Å². The Morgan fingerprint density at radius 3 is 2.53 bits per heavy atom. The van der Waals surface area contributed by atoms with E-state index in [1.807, 2.05) is 0 Å². The first-order chi connectivity index (χ1) is 16.0. The summed E-state index contributed by atoms with van der Waals surface area (Å²) >= 11 is 19.4. The third-order valence-corrected chi connectivity index (χ3v) is 8.83. The predicted molar refractivity (Wildman–Crippen MR) is 130 cm³/mol.